The molecule has 2 aromatic rings. The van der Waals surface area contributed by atoms with Gasteiger partial charge < -0.3 is 19.5 Å². The second kappa shape index (κ2) is 8.57. The number of amides is 2. The van der Waals surface area contributed by atoms with E-state index in [0.29, 0.717) is 36.4 Å². The molecule has 8 nitrogen and oxygen atoms in total. The maximum absolute atomic E-state index is 12.6. The third kappa shape index (κ3) is 4.39. The van der Waals surface area contributed by atoms with Crippen molar-refractivity contribution in [3.8, 4) is 0 Å². The van der Waals surface area contributed by atoms with Gasteiger partial charge in [-0.25, -0.2) is 4.79 Å². The van der Waals surface area contributed by atoms with Gasteiger partial charge in [0.05, 0.1) is 16.3 Å². The zero-order valence-corrected chi connectivity index (χ0v) is 17.4. The summed E-state index contributed by atoms with van der Waals surface area (Å²) in [6.07, 6.45) is 6.44. The number of anilines is 1. The average Bonchev–Trinajstić information content (AvgIpc) is 2.93. The van der Waals surface area contributed by atoms with Crippen LogP contribution in [0.25, 0.3) is 11.1 Å². The van der Waals surface area contributed by atoms with Crippen LogP contribution in [0.5, 0.6) is 0 Å². The Balaban J connectivity index is 1.38. The van der Waals surface area contributed by atoms with Crippen molar-refractivity contribution in [3.63, 3.8) is 0 Å². The van der Waals surface area contributed by atoms with E-state index in [1.54, 1.807) is 17.0 Å². The molecule has 2 aliphatic rings. The van der Waals surface area contributed by atoms with Crippen molar-refractivity contribution in [1.29, 1.82) is 0 Å². The lowest BCUT2D eigenvalue weighted by Crippen LogP contribution is -2.41. The van der Waals surface area contributed by atoms with Crippen molar-refractivity contribution in [2.75, 3.05) is 31.5 Å². The van der Waals surface area contributed by atoms with Crippen LogP contribution in [0.1, 0.15) is 6.42 Å². The maximum Gasteiger partial charge on any atom is 0.417 e. The number of halogens is 2. The zero-order chi connectivity index (χ0) is 21.3. The van der Waals surface area contributed by atoms with Crippen LogP contribution in [0.15, 0.2) is 51.3 Å². The van der Waals surface area contributed by atoms with E-state index in [9.17, 15) is 14.4 Å². The maximum atomic E-state index is 12.6. The molecule has 2 N–H and O–H groups in total. The number of aromatic nitrogens is 1. The summed E-state index contributed by atoms with van der Waals surface area (Å²) in [5, 5.41) is 2.06. The summed E-state index contributed by atoms with van der Waals surface area (Å²) < 4.78 is 4.98. The van der Waals surface area contributed by atoms with Crippen LogP contribution in [0, 0.1) is 0 Å². The van der Waals surface area contributed by atoms with Gasteiger partial charge in [0.2, 0.25) is 0 Å². The molecular weight excluding hydrogens is 431 g/mol. The average molecular weight is 451 g/mol. The Morgan fingerprint density at radius 3 is 2.77 bits per heavy atom. The number of hydrogen-bond donors (Lipinski definition) is 2. The first-order chi connectivity index (χ1) is 14.4. The van der Waals surface area contributed by atoms with E-state index in [1.807, 2.05) is 18.2 Å². The molecule has 2 atom stereocenters. The van der Waals surface area contributed by atoms with Gasteiger partial charge in [0.15, 0.2) is 5.58 Å². The van der Waals surface area contributed by atoms with E-state index in [-0.39, 0.29) is 10.8 Å². The minimum absolute atomic E-state index is 0.234. The molecule has 1 aromatic carbocycles. The highest BCUT2D eigenvalue weighted by Gasteiger charge is 2.26. The molecule has 2 amide bonds. The third-order valence-electron chi connectivity index (χ3n) is 5.11. The molecular formula is C20H20Cl2N4O4. The summed E-state index contributed by atoms with van der Waals surface area (Å²) in [5.41, 5.74) is 2.18. The summed E-state index contributed by atoms with van der Waals surface area (Å²) in [4.78, 5) is 42.6. The van der Waals surface area contributed by atoms with E-state index >= 15 is 0 Å². The highest BCUT2D eigenvalue weighted by Crippen LogP contribution is 2.24. The standard InChI is InChI=1S/C20H20Cl2N4O4/c21-14-4-3-13(11-15(14)22)25-6-1-7-26(9-8-25)19(28)18(27)23-12-2-5-16-17(10-12)30-20(29)24-16/h2-5,10-11,14-15H,1,6-9H2,(H,23,27)(H,24,29). The fraction of sp³-hybridized carbons (Fsp3) is 0.350. The van der Waals surface area contributed by atoms with Crippen molar-refractivity contribution >= 4 is 51.8 Å². The Labute approximate surface area is 182 Å². The first-order valence-corrected chi connectivity index (χ1v) is 10.4. The minimum atomic E-state index is -0.733. The summed E-state index contributed by atoms with van der Waals surface area (Å²) in [7, 11) is 0. The van der Waals surface area contributed by atoms with Crippen LogP contribution in [0.4, 0.5) is 5.69 Å². The topological polar surface area (TPSA) is 98.6 Å². The van der Waals surface area contributed by atoms with Crippen molar-refractivity contribution in [2.45, 2.75) is 17.2 Å². The SMILES string of the molecule is O=C(Nc1ccc2[nH]c(=O)oc2c1)C(=O)N1CCCN(C2=CC(Cl)C(Cl)C=C2)CC1. The van der Waals surface area contributed by atoms with E-state index in [1.165, 1.54) is 6.07 Å². The Kier molecular flexibility index (Phi) is 5.87. The van der Waals surface area contributed by atoms with Gasteiger partial charge in [-0.1, -0.05) is 6.08 Å². The molecule has 0 spiro atoms. The fourth-order valence-electron chi connectivity index (χ4n) is 3.55. The predicted octanol–water partition coefficient (Wildman–Crippen LogP) is 2.26. The smallest absolute Gasteiger partial charge is 0.408 e. The first kappa shape index (κ1) is 20.6. The van der Waals surface area contributed by atoms with Gasteiger partial charge in [0.1, 0.15) is 0 Å². The van der Waals surface area contributed by atoms with Crippen molar-refractivity contribution < 1.29 is 14.0 Å². The second-order valence-electron chi connectivity index (χ2n) is 7.15. The van der Waals surface area contributed by atoms with E-state index < -0.39 is 17.6 Å². The van der Waals surface area contributed by atoms with Gasteiger partial charge in [0, 0.05) is 43.6 Å². The highest BCUT2D eigenvalue weighted by atomic mass is 35.5. The van der Waals surface area contributed by atoms with Gasteiger partial charge in [-0.2, -0.15) is 0 Å². The third-order valence-corrected chi connectivity index (χ3v) is 6.05. The molecule has 0 saturated carbocycles. The van der Waals surface area contributed by atoms with Gasteiger partial charge in [0.25, 0.3) is 0 Å². The molecule has 1 aliphatic heterocycles. The number of fused-ring (bicyclic) bond motifs is 1. The summed E-state index contributed by atoms with van der Waals surface area (Å²) in [6.45, 7) is 2.24. The summed E-state index contributed by atoms with van der Waals surface area (Å²) in [5.74, 6) is -1.91. The molecule has 0 radical (unpaired) electrons. The highest BCUT2D eigenvalue weighted by molar-refractivity contribution is 6.39. The molecule has 4 rings (SSSR count). The number of hydrogen-bond acceptors (Lipinski definition) is 5. The summed E-state index contributed by atoms with van der Waals surface area (Å²) in [6, 6.07) is 4.69. The minimum Gasteiger partial charge on any atom is -0.408 e. The monoisotopic (exact) mass is 450 g/mol. The molecule has 10 heteroatoms. The molecule has 2 unspecified atom stereocenters. The van der Waals surface area contributed by atoms with Crippen molar-refractivity contribution in [1.82, 2.24) is 14.8 Å². The molecule has 0 bridgehead atoms. The number of H-pyrrole nitrogens is 1. The summed E-state index contributed by atoms with van der Waals surface area (Å²) >= 11 is 12.3. The first-order valence-electron chi connectivity index (χ1n) is 9.57. The Hall–Kier alpha value is -2.71. The fourth-order valence-corrected chi connectivity index (χ4v) is 3.91. The number of carbonyl (C=O) groups is 2. The molecule has 30 heavy (non-hydrogen) atoms. The van der Waals surface area contributed by atoms with Crippen LogP contribution in [-0.2, 0) is 9.59 Å². The molecule has 1 saturated heterocycles. The number of aromatic amines is 1. The molecule has 158 valence electrons. The van der Waals surface area contributed by atoms with E-state index in [0.717, 1.165) is 18.7 Å². The van der Waals surface area contributed by atoms with Gasteiger partial charge in [-0.15, -0.1) is 23.2 Å². The van der Waals surface area contributed by atoms with Crippen molar-refractivity contribution in [2.24, 2.45) is 0 Å². The number of carbonyl (C=O) groups excluding carboxylic acids is 2. The zero-order valence-electron chi connectivity index (χ0n) is 15.9. The lowest BCUT2D eigenvalue weighted by Gasteiger charge is -2.27. The lowest BCUT2D eigenvalue weighted by atomic mass is 10.1. The van der Waals surface area contributed by atoms with Crippen LogP contribution >= 0.6 is 23.2 Å². The van der Waals surface area contributed by atoms with Gasteiger partial charge >= 0.3 is 17.6 Å². The number of rotatable bonds is 2. The normalized spacial score (nSPS) is 22.0. The Bertz CT molecular complexity index is 1090. The van der Waals surface area contributed by atoms with Crippen LogP contribution in [-0.4, -0.2) is 63.5 Å². The van der Waals surface area contributed by atoms with Crippen LogP contribution in [0.3, 0.4) is 0 Å². The van der Waals surface area contributed by atoms with Crippen LogP contribution in [0.2, 0.25) is 0 Å². The largest absolute Gasteiger partial charge is 0.417 e. The quantitative estimate of drug-likeness (QED) is 0.539. The molecule has 1 aliphatic carbocycles. The van der Waals surface area contributed by atoms with Gasteiger partial charge in [-0.3, -0.25) is 14.6 Å². The Morgan fingerprint density at radius 1 is 1.13 bits per heavy atom. The lowest BCUT2D eigenvalue weighted by molar-refractivity contribution is -0.143. The van der Waals surface area contributed by atoms with E-state index in [2.05, 4.69) is 15.2 Å². The molecule has 1 aromatic heterocycles. The molecule has 1 fully saturated rings. The number of nitrogens with one attached hydrogen (secondary N) is 2. The number of nitrogens with zero attached hydrogens (tertiary/aromatic N) is 2. The Morgan fingerprint density at radius 2 is 1.97 bits per heavy atom. The molecule has 2 heterocycles. The van der Waals surface area contributed by atoms with Crippen molar-refractivity contribution in [3.05, 3.63) is 52.7 Å². The number of benzene rings is 1. The number of oxazole rings is 1. The van der Waals surface area contributed by atoms with Gasteiger partial charge in [-0.05, 0) is 30.7 Å². The van der Waals surface area contributed by atoms with Crippen LogP contribution < -0.4 is 11.1 Å². The second-order valence-corrected chi connectivity index (χ2v) is 8.16. The van der Waals surface area contributed by atoms with E-state index in [4.69, 9.17) is 27.6 Å². The predicted molar refractivity (Wildman–Crippen MR) is 115 cm³/mol. The number of alkyl halides is 2. The number of allylic oxidation sites excluding steroid dienone is 3.